The van der Waals surface area contributed by atoms with Gasteiger partial charge in [0.1, 0.15) is 36.3 Å². The number of H-pyrrole nitrogens is 1. The van der Waals surface area contributed by atoms with Crippen molar-refractivity contribution in [1.29, 1.82) is 0 Å². The molecule has 0 bridgehead atoms. The summed E-state index contributed by atoms with van der Waals surface area (Å²) < 4.78 is 0. The fourth-order valence-corrected chi connectivity index (χ4v) is 9.06. The van der Waals surface area contributed by atoms with Crippen LogP contribution < -0.4 is 72.0 Å². The number of aromatic amines is 1. The standard InChI is InChI=1S/C55H98N16O7/c1-4-6-7-8-9-10-11-12-13-14-15-30-46(72)66-42(26-18-20-31-56)49(74)68-43(27-19-21-32-57)51(76)71-47(37(3)5-2)53(78)69-44(29-23-34-64-55(61)62)50(75)70-45(35-38-36-65-40-25-17-16-24-39(38)40)52(77)67-41(48(58)73)28-22-33-63-54(59)60/h16-17,24-25,36-37,41-45,47,65H,4-15,18-23,26-35,56-57H2,1-3H3,(H2,58,73)(H,66,72)(H,67,77)(H,68,74)(H,69,78)(H,70,75)(H,71,76)(H4,59,60,63)(H4,61,62,64)/t37-,41-,42-,43-,44-,45-,47-/m0/s1. The van der Waals surface area contributed by atoms with Crippen LogP contribution in [0.25, 0.3) is 10.9 Å². The number of benzene rings is 1. The Morgan fingerprint density at radius 3 is 1.49 bits per heavy atom. The van der Waals surface area contributed by atoms with Crippen LogP contribution in [0, 0.1) is 5.92 Å². The third kappa shape index (κ3) is 27.7. The van der Waals surface area contributed by atoms with Crippen molar-refractivity contribution in [3.8, 4) is 0 Å². The van der Waals surface area contributed by atoms with Gasteiger partial charge in [0, 0.05) is 43.0 Å². The summed E-state index contributed by atoms with van der Waals surface area (Å²) >= 11 is 0. The number of hydrogen-bond donors (Lipinski definition) is 14. The Bertz CT molecular complexity index is 2160. The zero-order valence-corrected chi connectivity index (χ0v) is 47.0. The molecule has 23 nitrogen and oxygen atoms in total. The molecule has 440 valence electrons. The van der Waals surface area contributed by atoms with Crippen LogP contribution in [-0.2, 0) is 40.0 Å². The Hall–Kier alpha value is -6.49. The molecule has 0 fully saturated rings. The first-order valence-corrected chi connectivity index (χ1v) is 28.6. The molecule has 78 heavy (non-hydrogen) atoms. The van der Waals surface area contributed by atoms with E-state index in [1.165, 1.54) is 44.9 Å². The average molecular weight is 1100 g/mol. The lowest BCUT2D eigenvalue weighted by molar-refractivity contribution is -0.136. The van der Waals surface area contributed by atoms with E-state index in [0.717, 1.165) is 30.2 Å². The highest BCUT2D eigenvalue weighted by Gasteiger charge is 2.35. The molecule has 0 spiro atoms. The van der Waals surface area contributed by atoms with Gasteiger partial charge in [-0.05, 0) is 101 Å². The van der Waals surface area contributed by atoms with E-state index in [0.29, 0.717) is 70.0 Å². The summed E-state index contributed by atoms with van der Waals surface area (Å²) in [7, 11) is 0. The Morgan fingerprint density at radius 1 is 0.513 bits per heavy atom. The summed E-state index contributed by atoms with van der Waals surface area (Å²) in [5.41, 5.74) is 40.9. The maximum Gasteiger partial charge on any atom is 0.243 e. The fourth-order valence-electron chi connectivity index (χ4n) is 9.06. The fraction of sp³-hybridized carbons (Fsp3) is 0.691. The van der Waals surface area contributed by atoms with Crippen LogP contribution in [0.4, 0.5) is 0 Å². The Kier molecular flexibility index (Phi) is 34.5. The summed E-state index contributed by atoms with van der Waals surface area (Å²) in [5.74, 6) is -5.18. The van der Waals surface area contributed by atoms with Gasteiger partial charge >= 0.3 is 0 Å². The molecule has 7 atom stereocenters. The monoisotopic (exact) mass is 1090 g/mol. The van der Waals surface area contributed by atoms with E-state index in [4.69, 9.17) is 40.1 Å². The molecule has 1 aromatic carbocycles. The van der Waals surface area contributed by atoms with Gasteiger partial charge < -0.3 is 77.0 Å². The van der Waals surface area contributed by atoms with Crippen molar-refractivity contribution in [2.24, 2.45) is 56.0 Å². The molecule has 7 amide bonds. The van der Waals surface area contributed by atoms with Crippen molar-refractivity contribution in [3.05, 3.63) is 36.0 Å². The Morgan fingerprint density at radius 2 is 0.962 bits per heavy atom. The topological polar surface area (TPSA) is 414 Å². The highest BCUT2D eigenvalue weighted by atomic mass is 16.2. The van der Waals surface area contributed by atoms with Gasteiger partial charge in [-0.1, -0.05) is 110 Å². The van der Waals surface area contributed by atoms with Crippen molar-refractivity contribution in [2.75, 3.05) is 26.2 Å². The van der Waals surface area contributed by atoms with Crippen molar-refractivity contribution < 1.29 is 33.6 Å². The van der Waals surface area contributed by atoms with E-state index in [1.807, 2.05) is 31.2 Å². The van der Waals surface area contributed by atoms with Gasteiger partial charge in [0.2, 0.25) is 41.4 Å². The van der Waals surface area contributed by atoms with Crippen LogP contribution in [-0.4, -0.2) is 121 Å². The van der Waals surface area contributed by atoms with Crippen molar-refractivity contribution in [3.63, 3.8) is 0 Å². The number of carbonyl (C=O) groups is 7. The van der Waals surface area contributed by atoms with Crippen molar-refractivity contribution in [1.82, 2.24) is 36.9 Å². The molecule has 0 saturated heterocycles. The maximum absolute atomic E-state index is 14.5. The molecule has 2 aromatic rings. The van der Waals surface area contributed by atoms with Crippen LogP contribution >= 0.6 is 0 Å². The molecule has 0 unspecified atom stereocenters. The van der Waals surface area contributed by atoms with Crippen molar-refractivity contribution in [2.45, 2.75) is 211 Å². The lowest BCUT2D eigenvalue weighted by atomic mass is 9.96. The molecule has 0 radical (unpaired) electrons. The minimum absolute atomic E-state index is 0.0000564. The van der Waals surface area contributed by atoms with Gasteiger partial charge in [-0.2, -0.15) is 0 Å². The molecule has 2 rings (SSSR count). The summed E-state index contributed by atoms with van der Waals surface area (Å²) in [4.78, 5) is 109. The second kappa shape index (κ2) is 39.8. The summed E-state index contributed by atoms with van der Waals surface area (Å²) in [5, 5.41) is 17.8. The van der Waals surface area contributed by atoms with E-state index in [1.54, 1.807) is 13.1 Å². The van der Waals surface area contributed by atoms with E-state index in [-0.39, 0.29) is 69.4 Å². The van der Waals surface area contributed by atoms with Gasteiger partial charge in [-0.3, -0.25) is 43.5 Å². The average Bonchev–Trinajstić information content (AvgIpc) is 3.84. The number of carbonyl (C=O) groups excluding carboxylic acids is 7. The largest absolute Gasteiger partial charge is 0.370 e. The number of primary amides is 1. The number of nitrogens with two attached hydrogens (primary N) is 7. The minimum atomic E-state index is -1.29. The number of aromatic nitrogens is 1. The second-order valence-electron chi connectivity index (χ2n) is 20.5. The van der Waals surface area contributed by atoms with Crippen LogP contribution in [0.1, 0.15) is 174 Å². The molecular weight excluding hydrogens is 997 g/mol. The van der Waals surface area contributed by atoms with Crippen molar-refractivity contribution >= 4 is 64.2 Å². The van der Waals surface area contributed by atoms with Crippen LogP contribution in [0.2, 0.25) is 0 Å². The number of guanidine groups is 2. The van der Waals surface area contributed by atoms with E-state index >= 15 is 0 Å². The number of hydrogen-bond acceptors (Lipinski definition) is 11. The number of nitrogens with zero attached hydrogens (tertiary/aromatic N) is 2. The van der Waals surface area contributed by atoms with E-state index < -0.39 is 77.6 Å². The minimum Gasteiger partial charge on any atom is -0.370 e. The molecule has 23 heteroatoms. The zero-order chi connectivity index (χ0) is 57.7. The Balaban J connectivity index is 2.37. The first-order valence-electron chi connectivity index (χ1n) is 28.6. The predicted molar refractivity (Wildman–Crippen MR) is 309 cm³/mol. The lowest BCUT2D eigenvalue weighted by Gasteiger charge is -2.29. The molecule has 1 heterocycles. The summed E-state index contributed by atoms with van der Waals surface area (Å²) in [6.07, 6.45) is 18.3. The molecule has 0 aliphatic carbocycles. The number of rotatable bonds is 44. The van der Waals surface area contributed by atoms with Gasteiger partial charge in [0.15, 0.2) is 11.9 Å². The SMILES string of the molecule is CCCCCCCCCCCCCC(=O)N[C@@H](CCCCN)C(=O)N[C@@H](CCCCN)C(=O)N[C@H](C(=O)N[C@@H](CCCN=C(N)N)C(=O)N[C@@H](Cc1c[nH]c2ccccc12)C(=O)N[C@@H](CCCN=C(N)N)C(N)=O)[C@@H](C)CC. The quantitative estimate of drug-likeness (QED) is 0.0258. The molecular formula is C55H98N16O7. The second-order valence-corrected chi connectivity index (χ2v) is 20.5. The number of unbranched alkanes of at least 4 members (excludes halogenated alkanes) is 12. The first-order chi connectivity index (χ1) is 37.4. The lowest BCUT2D eigenvalue weighted by Crippen LogP contribution is -2.61. The smallest absolute Gasteiger partial charge is 0.243 e. The number of para-hydroxylation sites is 1. The zero-order valence-electron chi connectivity index (χ0n) is 47.0. The van der Waals surface area contributed by atoms with Crippen LogP contribution in [0.15, 0.2) is 40.4 Å². The maximum atomic E-state index is 14.5. The van der Waals surface area contributed by atoms with Crippen LogP contribution in [0.5, 0.6) is 0 Å². The number of amides is 7. The van der Waals surface area contributed by atoms with Gasteiger partial charge in [-0.15, -0.1) is 0 Å². The van der Waals surface area contributed by atoms with Gasteiger partial charge in [-0.25, -0.2) is 0 Å². The summed E-state index contributed by atoms with van der Waals surface area (Å²) in [6, 6.07) is 0.455. The van der Waals surface area contributed by atoms with Gasteiger partial charge in [0.25, 0.3) is 0 Å². The molecule has 0 aliphatic heterocycles. The number of aliphatic imine (C=N–C) groups is 2. The Labute approximate surface area is 462 Å². The first kappa shape index (κ1) is 67.6. The summed E-state index contributed by atoms with van der Waals surface area (Å²) in [6.45, 7) is 6.86. The number of nitrogens with one attached hydrogen (secondary N) is 7. The third-order valence-corrected chi connectivity index (χ3v) is 13.9. The van der Waals surface area contributed by atoms with Crippen LogP contribution in [0.3, 0.4) is 0 Å². The molecule has 0 saturated carbocycles. The molecule has 1 aromatic heterocycles. The predicted octanol–water partition coefficient (Wildman–Crippen LogP) is 2.22. The van der Waals surface area contributed by atoms with Gasteiger partial charge in [0.05, 0.1) is 0 Å². The normalized spacial score (nSPS) is 13.9. The molecule has 0 aliphatic rings. The van der Waals surface area contributed by atoms with E-state index in [9.17, 15) is 33.6 Å². The third-order valence-electron chi connectivity index (χ3n) is 13.9. The number of fused-ring (bicyclic) bond motifs is 1. The highest BCUT2D eigenvalue weighted by molar-refractivity contribution is 5.97. The molecule has 21 N–H and O–H groups in total. The highest BCUT2D eigenvalue weighted by Crippen LogP contribution is 2.20. The van der Waals surface area contributed by atoms with E-state index in [2.05, 4.69) is 53.8 Å².